The van der Waals surface area contributed by atoms with Gasteiger partial charge in [-0.1, -0.05) is 38.1 Å². The van der Waals surface area contributed by atoms with Gasteiger partial charge in [0.15, 0.2) is 17.4 Å². The van der Waals surface area contributed by atoms with Crippen LogP contribution >= 0.6 is 0 Å². The van der Waals surface area contributed by atoms with Gasteiger partial charge in [-0.15, -0.1) is 0 Å². The van der Waals surface area contributed by atoms with Crippen LogP contribution in [0.25, 0.3) is 57.2 Å². The zero-order valence-corrected chi connectivity index (χ0v) is 44.4. The summed E-state index contributed by atoms with van der Waals surface area (Å²) >= 11 is 0. The maximum absolute atomic E-state index is 11.4. The van der Waals surface area contributed by atoms with Gasteiger partial charge in [0.25, 0.3) is 0 Å². The average molecular weight is 1170 g/mol. The van der Waals surface area contributed by atoms with Crippen LogP contribution < -0.4 is 0 Å². The Morgan fingerprint density at radius 3 is 0.960 bits per heavy atom. The van der Waals surface area contributed by atoms with E-state index in [2.05, 4.69) is 64.5 Å². The van der Waals surface area contributed by atoms with Crippen molar-refractivity contribution in [3.63, 3.8) is 0 Å². The van der Waals surface area contributed by atoms with Crippen molar-refractivity contribution >= 4 is 24.3 Å². The SMILES string of the molecule is CC.CC(=O)c1ccnc(-c2cc(C=O)ccn2)c1.COC(=O)c1ccnc(-c2cc(C=O)ccn2)c1.[Ru].[Ru].c1ccc(-c2ccccn2)nc1.c1ccc(-c2ccccn2)nc1.c1cnc(-c2ncccn2)nc1. The van der Waals surface area contributed by atoms with Crippen molar-refractivity contribution in [2.45, 2.75) is 20.8 Å². The van der Waals surface area contributed by atoms with E-state index in [1.54, 1.807) is 123 Å². The number of Topliss-reactive ketones (excluding diaryl/α,β-unsaturated/α-hetero) is 1. The van der Waals surface area contributed by atoms with E-state index in [-0.39, 0.29) is 44.7 Å². The number of pyridine rings is 8. The fourth-order valence-corrected chi connectivity index (χ4v) is 5.81. The van der Waals surface area contributed by atoms with Gasteiger partial charge in [-0.3, -0.25) is 54.3 Å². The van der Waals surface area contributed by atoms with Gasteiger partial charge in [-0.2, -0.15) is 0 Å². The maximum atomic E-state index is 11.4. The van der Waals surface area contributed by atoms with E-state index in [0.29, 0.717) is 56.7 Å². The number of esters is 1. The predicted molar refractivity (Wildman–Crippen MR) is 276 cm³/mol. The van der Waals surface area contributed by atoms with Crippen LogP contribution in [0.4, 0.5) is 0 Å². The summed E-state index contributed by atoms with van der Waals surface area (Å²) in [5.41, 5.74) is 7.88. The number of ether oxygens (including phenoxy) is 1. The molecule has 10 aromatic heterocycles. The first-order chi connectivity index (χ1) is 35.8. The maximum Gasteiger partial charge on any atom is 0.337 e. The third-order valence-electron chi connectivity index (χ3n) is 9.23. The second-order valence-electron chi connectivity index (χ2n) is 14.1. The van der Waals surface area contributed by atoms with Crippen molar-refractivity contribution in [3.8, 4) is 57.2 Å². The Bertz CT molecular complexity index is 2940. The van der Waals surface area contributed by atoms with Gasteiger partial charge in [0.2, 0.25) is 0 Å². The molecule has 0 unspecified atom stereocenters. The Kier molecular flexibility index (Phi) is 27.7. The summed E-state index contributed by atoms with van der Waals surface area (Å²) in [5, 5.41) is 0. The summed E-state index contributed by atoms with van der Waals surface area (Å²) in [5.74, 6) is 0.640. The molecule has 0 fully saturated rings. The zero-order valence-electron chi connectivity index (χ0n) is 40.9. The molecule has 75 heavy (non-hydrogen) atoms. The normalized spacial score (nSPS) is 9.33. The van der Waals surface area contributed by atoms with Gasteiger partial charge in [0.1, 0.15) is 12.6 Å². The smallest absolute Gasteiger partial charge is 0.337 e. The molecule has 0 aliphatic carbocycles. The van der Waals surface area contributed by atoms with Crippen LogP contribution in [-0.4, -0.2) is 91.2 Å². The minimum atomic E-state index is -0.440. The molecule has 0 bridgehead atoms. The molecular weight excluding hydrogens is 1120 g/mol. The molecule has 10 rings (SSSR count). The Balaban J connectivity index is 0.000000246. The first kappa shape index (κ1) is 60.4. The van der Waals surface area contributed by atoms with Crippen LogP contribution in [0.5, 0.6) is 0 Å². The van der Waals surface area contributed by atoms with Crippen LogP contribution in [0.15, 0.2) is 208 Å². The number of carbonyl (C=O) groups is 4. The first-order valence-corrected chi connectivity index (χ1v) is 22.4. The quantitative estimate of drug-likeness (QED) is 0.0566. The Labute approximate surface area is 459 Å². The molecule has 0 amide bonds. The monoisotopic (exact) mass is 1170 g/mol. The van der Waals surface area contributed by atoms with Gasteiger partial charge in [0.05, 0.1) is 58.2 Å². The molecule has 0 N–H and O–H groups in total. The van der Waals surface area contributed by atoms with Gasteiger partial charge in [0, 0.05) is 130 Å². The standard InChI is InChI=1S/C13H10N2O3.C13H10N2O2.2C10H8N2.C8H6N4.C2H6.2Ru/c1-18-13(17)10-3-5-15-12(7-10)11-6-9(8-16)2-4-14-11;1-9(17)11-3-5-15-13(7-11)12-6-10(8-16)2-4-14-12;2*1-3-7-11-9(5-1)10-6-2-4-8-12-10;1-3-9-7(10-4-1)8-11-5-2-6-12-8;1-2;;/h2-8H,1H3;2-8H,1H3;2*1-8H;1-6H;1-2H3;;. The Morgan fingerprint density at radius 1 is 0.360 bits per heavy atom. The molecule has 10 heterocycles. The van der Waals surface area contributed by atoms with Crippen molar-refractivity contribution < 1.29 is 62.9 Å². The predicted octanol–water partition coefficient (Wildman–Crippen LogP) is 10.1. The molecule has 0 aliphatic rings. The number of nitrogens with zero attached hydrogens (tertiary/aromatic N) is 12. The molecule has 0 spiro atoms. The fourth-order valence-electron chi connectivity index (χ4n) is 5.81. The Hall–Kier alpha value is -8.91. The number of hydrogen-bond donors (Lipinski definition) is 0. The largest absolute Gasteiger partial charge is 0.465 e. The minimum Gasteiger partial charge on any atom is -0.465 e. The summed E-state index contributed by atoms with van der Waals surface area (Å²) in [6.07, 6.45) is 21.3. The summed E-state index contributed by atoms with van der Waals surface area (Å²) in [6.45, 7) is 5.49. The molecule has 378 valence electrons. The molecular formula is C56H48N12O5Ru2. The minimum absolute atomic E-state index is 0. The van der Waals surface area contributed by atoms with Crippen molar-refractivity contribution in [1.29, 1.82) is 0 Å². The van der Waals surface area contributed by atoms with Gasteiger partial charge in [-0.25, -0.2) is 24.7 Å². The number of rotatable bonds is 9. The molecule has 0 atom stereocenters. The van der Waals surface area contributed by atoms with E-state index in [4.69, 9.17) is 0 Å². The van der Waals surface area contributed by atoms with Crippen LogP contribution in [0.3, 0.4) is 0 Å². The molecule has 19 heteroatoms. The summed E-state index contributed by atoms with van der Waals surface area (Å²) in [7, 11) is 1.31. The molecule has 0 saturated heterocycles. The fraction of sp³-hybridized carbons (Fsp3) is 0.0714. The molecule has 0 radical (unpaired) electrons. The van der Waals surface area contributed by atoms with E-state index in [1.807, 2.05) is 86.6 Å². The van der Waals surface area contributed by atoms with Gasteiger partial charge in [-0.05, 0) is 116 Å². The number of aromatic nitrogens is 12. The van der Waals surface area contributed by atoms with Crippen molar-refractivity contribution in [1.82, 2.24) is 59.8 Å². The van der Waals surface area contributed by atoms with Crippen LogP contribution in [0.1, 0.15) is 62.2 Å². The van der Waals surface area contributed by atoms with E-state index < -0.39 is 5.97 Å². The van der Waals surface area contributed by atoms with Crippen molar-refractivity contribution in [3.05, 3.63) is 230 Å². The van der Waals surface area contributed by atoms with E-state index in [1.165, 1.54) is 26.4 Å². The third-order valence-corrected chi connectivity index (χ3v) is 9.23. The van der Waals surface area contributed by atoms with Gasteiger partial charge >= 0.3 is 5.97 Å². The van der Waals surface area contributed by atoms with E-state index >= 15 is 0 Å². The molecule has 0 aliphatic heterocycles. The van der Waals surface area contributed by atoms with E-state index in [0.717, 1.165) is 35.3 Å². The number of hydrogen-bond acceptors (Lipinski definition) is 17. The number of carbonyl (C=O) groups excluding carboxylic acids is 4. The molecule has 10 aromatic rings. The van der Waals surface area contributed by atoms with Crippen molar-refractivity contribution in [2.24, 2.45) is 0 Å². The molecule has 0 aromatic carbocycles. The molecule has 17 nitrogen and oxygen atoms in total. The zero-order chi connectivity index (χ0) is 51.9. The van der Waals surface area contributed by atoms with Crippen molar-refractivity contribution in [2.75, 3.05) is 7.11 Å². The summed E-state index contributed by atoms with van der Waals surface area (Å²) in [6, 6.07) is 39.6. The third kappa shape index (κ3) is 20.3. The second kappa shape index (κ2) is 34.5. The second-order valence-corrected chi connectivity index (χ2v) is 14.1. The van der Waals surface area contributed by atoms with E-state index in [9.17, 15) is 19.2 Å². The Morgan fingerprint density at radius 2 is 0.653 bits per heavy atom. The first-order valence-electron chi connectivity index (χ1n) is 22.4. The van der Waals surface area contributed by atoms with Crippen LogP contribution in [0.2, 0.25) is 0 Å². The summed E-state index contributed by atoms with van der Waals surface area (Å²) < 4.78 is 4.63. The molecule has 0 saturated carbocycles. The van der Waals surface area contributed by atoms with Gasteiger partial charge < -0.3 is 4.74 Å². The number of ketones is 1. The number of methoxy groups -OCH3 is 1. The summed E-state index contributed by atoms with van der Waals surface area (Å²) in [4.78, 5) is 93.3. The average Bonchev–Trinajstić information content (AvgIpc) is 3.49. The topological polar surface area (TPSA) is 232 Å². The van der Waals surface area contributed by atoms with Crippen LogP contribution in [-0.2, 0) is 43.7 Å². The van der Waals surface area contributed by atoms with Crippen LogP contribution in [0, 0.1) is 0 Å². The number of aldehydes is 2.